The fourth-order valence-corrected chi connectivity index (χ4v) is 1.88. The van der Waals surface area contributed by atoms with Crippen LogP contribution in [0, 0.1) is 0 Å². The number of aromatic nitrogens is 1. The van der Waals surface area contributed by atoms with Crippen molar-refractivity contribution in [3.8, 4) is 0 Å². The number of rotatable bonds is 2. The Kier molecular flexibility index (Phi) is 3.86. The number of pyridine rings is 1. The zero-order chi connectivity index (χ0) is 13.0. The summed E-state index contributed by atoms with van der Waals surface area (Å²) in [7, 11) is 0. The monoisotopic (exact) mass is 255 g/mol. The minimum Gasteiger partial charge on any atom is -0.285 e. The van der Waals surface area contributed by atoms with Crippen LogP contribution in [0.1, 0.15) is 29.6 Å². The summed E-state index contributed by atoms with van der Waals surface area (Å²) in [5, 5.41) is 1.55. The van der Waals surface area contributed by atoms with E-state index < -0.39 is 5.92 Å². The van der Waals surface area contributed by atoms with Gasteiger partial charge in [0.05, 0.1) is 5.56 Å². The highest BCUT2D eigenvalue weighted by molar-refractivity contribution is 5.93. The van der Waals surface area contributed by atoms with Crippen LogP contribution in [0.25, 0.3) is 0 Å². The average Bonchev–Trinajstić information content (AvgIpc) is 2.52. The van der Waals surface area contributed by atoms with Gasteiger partial charge in [-0.1, -0.05) is 0 Å². The standard InChI is InChI=1S/C12H15F2N3O/c13-12(14)4-2-7-17(8-5-12)16-11(18)10-3-1-6-15-9-10/h1,3,6,9H,2,4-5,7-8H2,(H,16,18). The Bertz CT molecular complexity index is 411. The molecular weight excluding hydrogens is 240 g/mol. The first-order chi connectivity index (χ1) is 8.57. The summed E-state index contributed by atoms with van der Waals surface area (Å²) in [4.78, 5) is 15.6. The average molecular weight is 255 g/mol. The third-order valence-electron chi connectivity index (χ3n) is 2.90. The van der Waals surface area contributed by atoms with Crippen LogP contribution in [0.4, 0.5) is 8.78 Å². The number of alkyl halides is 2. The lowest BCUT2D eigenvalue weighted by Crippen LogP contribution is -2.43. The normalized spacial score (nSPS) is 20.1. The molecular formula is C12H15F2N3O. The Labute approximate surface area is 104 Å². The number of amides is 1. The van der Waals surface area contributed by atoms with E-state index in [0.29, 0.717) is 18.5 Å². The van der Waals surface area contributed by atoms with Gasteiger partial charge in [-0.2, -0.15) is 0 Å². The minimum absolute atomic E-state index is 0.119. The van der Waals surface area contributed by atoms with Crippen LogP contribution in [0.15, 0.2) is 24.5 Å². The molecule has 6 heteroatoms. The van der Waals surface area contributed by atoms with E-state index in [9.17, 15) is 13.6 Å². The number of carbonyl (C=O) groups excluding carboxylic acids is 1. The van der Waals surface area contributed by atoms with Crippen molar-refractivity contribution in [1.29, 1.82) is 0 Å². The predicted octanol–water partition coefficient (Wildman–Crippen LogP) is 1.85. The number of halogens is 2. The van der Waals surface area contributed by atoms with Gasteiger partial charge in [0.1, 0.15) is 0 Å². The molecule has 0 aromatic carbocycles. The Morgan fingerprint density at radius 3 is 2.94 bits per heavy atom. The molecule has 1 aromatic rings. The molecule has 1 fully saturated rings. The third kappa shape index (κ3) is 3.46. The van der Waals surface area contributed by atoms with Crippen molar-refractivity contribution in [2.75, 3.05) is 13.1 Å². The van der Waals surface area contributed by atoms with Crippen molar-refractivity contribution >= 4 is 5.91 Å². The number of carbonyl (C=O) groups is 1. The van der Waals surface area contributed by atoms with Crippen LogP contribution >= 0.6 is 0 Å². The molecule has 1 aliphatic heterocycles. The highest BCUT2D eigenvalue weighted by Gasteiger charge is 2.32. The van der Waals surface area contributed by atoms with Crippen LogP contribution in [0.5, 0.6) is 0 Å². The molecule has 1 aromatic heterocycles. The van der Waals surface area contributed by atoms with Gasteiger partial charge in [0.2, 0.25) is 5.92 Å². The highest BCUT2D eigenvalue weighted by Crippen LogP contribution is 2.27. The first kappa shape index (κ1) is 12.9. The second kappa shape index (κ2) is 5.39. The largest absolute Gasteiger partial charge is 0.285 e. The lowest BCUT2D eigenvalue weighted by molar-refractivity contribution is -0.0142. The van der Waals surface area contributed by atoms with Crippen LogP contribution in [-0.4, -0.2) is 34.9 Å². The molecule has 1 amide bonds. The molecule has 0 atom stereocenters. The SMILES string of the molecule is O=C(NN1CCCC(F)(F)CC1)c1cccnc1. The van der Waals surface area contributed by atoms with Crippen LogP contribution in [-0.2, 0) is 0 Å². The smallest absolute Gasteiger partial charge is 0.267 e. The van der Waals surface area contributed by atoms with Gasteiger partial charge in [0.25, 0.3) is 5.91 Å². The minimum atomic E-state index is -2.62. The second-order valence-corrected chi connectivity index (χ2v) is 4.38. The fraction of sp³-hybridized carbons (Fsp3) is 0.500. The molecule has 1 aliphatic rings. The number of hydrogen-bond donors (Lipinski definition) is 1. The molecule has 0 unspecified atom stereocenters. The summed E-state index contributed by atoms with van der Waals surface area (Å²) in [6, 6.07) is 3.29. The van der Waals surface area contributed by atoms with Crippen molar-refractivity contribution in [1.82, 2.24) is 15.4 Å². The third-order valence-corrected chi connectivity index (χ3v) is 2.90. The number of nitrogens with one attached hydrogen (secondary N) is 1. The van der Waals surface area contributed by atoms with E-state index in [2.05, 4.69) is 10.4 Å². The topological polar surface area (TPSA) is 45.2 Å². The van der Waals surface area contributed by atoms with Crippen LogP contribution < -0.4 is 5.43 Å². The maximum absolute atomic E-state index is 13.1. The summed E-state index contributed by atoms with van der Waals surface area (Å²) < 4.78 is 26.3. The first-order valence-electron chi connectivity index (χ1n) is 5.91. The summed E-state index contributed by atoms with van der Waals surface area (Å²) in [5.41, 5.74) is 3.06. The van der Waals surface area contributed by atoms with Gasteiger partial charge in [-0.15, -0.1) is 0 Å². The van der Waals surface area contributed by atoms with E-state index in [4.69, 9.17) is 0 Å². The maximum Gasteiger partial charge on any atom is 0.267 e. The maximum atomic E-state index is 13.1. The van der Waals surface area contributed by atoms with Crippen molar-refractivity contribution in [3.63, 3.8) is 0 Å². The lowest BCUT2D eigenvalue weighted by atomic mass is 10.1. The van der Waals surface area contributed by atoms with E-state index in [-0.39, 0.29) is 25.3 Å². The zero-order valence-corrected chi connectivity index (χ0v) is 9.90. The summed E-state index contributed by atoms with van der Waals surface area (Å²) in [5.74, 6) is -2.93. The molecule has 0 bridgehead atoms. The molecule has 4 nitrogen and oxygen atoms in total. The van der Waals surface area contributed by atoms with Gasteiger partial charge in [0.15, 0.2) is 0 Å². The first-order valence-corrected chi connectivity index (χ1v) is 5.91. The van der Waals surface area contributed by atoms with Gasteiger partial charge in [-0.25, -0.2) is 13.8 Å². The summed E-state index contributed by atoms with van der Waals surface area (Å²) in [6.07, 6.45) is 3.05. The Balaban J connectivity index is 1.92. The van der Waals surface area contributed by atoms with Crippen molar-refractivity contribution in [2.24, 2.45) is 0 Å². The van der Waals surface area contributed by atoms with E-state index in [1.165, 1.54) is 6.20 Å². The molecule has 1 N–H and O–H groups in total. The fourth-order valence-electron chi connectivity index (χ4n) is 1.88. The van der Waals surface area contributed by atoms with E-state index in [0.717, 1.165) is 0 Å². The number of nitrogens with zero attached hydrogens (tertiary/aromatic N) is 2. The molecule has 1 saturated heterocycles. The van der Waals surface area contributed by atoms with Crippen LogP contribution in [0.2, 0.25) is 0 Å². The van der Waals surface area contributed by atoms with Gasteiger partial charge in [-0.05, 0) is 18.6 Å². The Morgan fingerprint density at radius 1 is 1.39 bits per heavy atom. The van der Waals surface area contributed by atoms with E-state index >= 15 is 0 Å². The summed E-state index contributed by atoms with van der Waals surface area (Å²) in [6.45, 7) is 0.612. The van der Waals surface area contributed by atoms with E-state index in [1.54, 1.807) is 23.3 Å². The van der Waals surface area contributed by atoms with Gasteiger partial charge in [0, 0.05) is 38.3 Å². The van der Waals surface area contributed by atoms with Gasteiger partial charge in [-0.3, -0.25) is 15.2 Å². The Morgan fingerprint density at radius 2 is 2.22 bits per heavy atom. The molecule has 2 rings (SSSR count). The summed E-state index contributed by atoms with van der Waals surface area (Å²) >= 11 is 0. The molecule has 18 heavy (non-hydrogen) atoms. The molecule has 0 radical (unpaired) electrons. The van der Waals surface area contributed by atoms with Crippen molar-refractivity contribution in [2.45, 2.75) is 25.2 Å². The predicted molar refractivity (Wildman–Crippen MR) is 62.1 cm³/mol. The number of hydrazine groups is 1. The molecule has 98 valence electrons. The molecule has 0 saturated carbocycles. The lowest BCUT2D eigenvalue weighted by Gasteiger charge is -2.20. The van der Waals surface area contributed by atoms with Crippen molar-refractivity contribution < 1.29 is 13.6 Å². The van der Waals surface area contributed by atoms with Gasteiger partial charge < -0.3 is 0 Å². The quantitative estimate of drug-likeness (QED) is 0.877. The Hall–Kier alpha value is -1.56. The number of hydrogen-bond acceptors (Lipinski definition) is 3. The van der Waals surface area contributed by atoms with E-state index in [1.807, 2.05) is 0 Å². The molecule has 2 heterocycles. The van der Waals surface area contributed by atoms with Crippen LogP contribution in [0.3, 0.4) is 0 Å². The zero-order valence-electron chi connectivity index (χ0n) is 9.90. The molecule has 0 spiro atoms. The molecule has 0 aliphatic carbocycles. The van der Waals surface area contributed by atoms with Gasteiger partial charge >= 0.3 is 0 Å². The highest BCUT2D eigenvalue weighted by atomic mass is 19.3. The second-order valence-electron chi connectivity index (χ2n) is 4.38. The van der Waals surface area contributed by atoms with Crippen molar-refractivity contribution in [3.05, 3.63) is 30.1 Å².